The molecule has 0 aliphatic rings. The predicted molar refractivity (Wildman–Crippen MR) is 93.8 cm³/mol. The highest BCUT2D eigenvalue weighted by Crippen LogP contribution is 2.34. The van der Waals surface area contributed by atoms with Gasteiger partial charge in [0.05, 0.1) is 26.8 Å². The van der Waals surface area contributed by atoms with E-state index in [0.717, 1.165) is 0 Å². The van der Waals surface area contributed by atoms with E-state index in [4.69, 9.17) is 15.7 Å². The van der Waals surface area contributed by atoms with Gasteiger partial charge in [-0.05, 0) is 22.9 Å². The van der Waals surface area contributed by atoms with Crippen LogP contribution in [0, 0.1) is 10.1 Å². The minimum atomic E-state index is -3.11. The van der Waals surface area contributed by atoms with Gasteiger partial charge < -0.3 is 4.74 Å². The number of alkyl halides is 2. The number of rotatable bonds is 6. The van der Waals surface area contributed by atoms with Gasteiger partial charge >= 0.3 is 6.61 Å². The fraction of sp³-hybridized carbons (Fsp3) is 0.125. The minimum Gasteiger partial charge on any atom is -0.432 e. The van der Waals surface area contributed by atoms with Gasteiger partial charge in [0, 0.05) is 29.6 Å². The summed E-state index contributed by atoms with van der Waals surface area (Å²) in [4.78, 5) is 14.7. The molecule has 0 fully saturated rings. The van der Waals surface area contributed by atoms with Crippen LogP contribution in [0.5, 0.6) is 5.75 Å². The Morgan fingerprint density at radius 3 is 2.67 bits per heavy atom. The fourth-order valence-electron chi connectivity index (χ4n) is 2.47. The lowest BCUT2D eigenvalue weighted by atomic mass is 9.50. The Balaban J connectivity index is 2.15. The number of benzene rings is 1. The number of hydrogen-bond donors (Lipinski definition) is 1. The van der Waals surface area contributed by atoms with Gasteiger partial charge in [-0.2, -0.15) is 13.9 Å². The van der Waals surface area contributed by atoms with Crippen LogP contribution in [-0.2, 0) is 5.21 Å². The van der Waals surface area contributed by atoms with Crippen molar-refractivity contribution in [1.29, 1.82) is 0 Å². The van der Waals surface area contributed by atoms with E-state index in [0.29, 0.717) is 5.56 Å². The number of nitro groups is 1. The van der Waals surface area contributed by atoms with Crippen LogP contribution in [0.2, 0.25) is 0 Å². The van der Waals surface area contributed by atoms with E-state index < -0.39 is 16.7 Å². The summed E-state index contributed by atoms with van der Waals surface area (Å²) in [6, 6.07) is 7.91. The summed E-state index contributed by atoms with van der Waals surface area (Å²) in [6.07, 6.45) is 2.87. The van der Waals surface area contributed by atoms with Crippen molar-refractivity contribution in [2.24, 2.45) is 0 Å². The van der Waals surface area contributed by atoms with Crippen LogP contribution in [0.15, 0.2) is 48.8 Å². The Bertz CT molecular complexity index is 968. The molecule has 132 valence electrons. The third kappa shape index (κ3) is 3.81. The van der Waals surface area contributed by atoms with Gasteiger partial charge in [-0.3, -0.25) is 15.2 Å². The quantitative estimate of drug-likeness (QED) is 0.411. The number of non-ortho nitro benzene ring substituents is 1. The number of nitrogens with one attached hydrogen (secondary N) is 1. The van der Waals surface area contributed by atoms with Gasteiger partial charge in [0.25, 0.3) is 5.69 Å². The average molecular weight is 366 g/mol. The largest absolute Gasteiger partial charge is 0.432 e. The zero-order valence-corrected chi connectivity index (χ0v) is 13.7. The third-order valence-electron chi connectivity index (χ3n) is 3.80. The second-order valence-corrected chi connectivity index (χ2v) is 5.59. The molecule has 3 rings (SSSR count). The summed E-state index contributed by atoms with van der Waals surface area (Å²) < 4.78 is 30.0. The molecule has 1 N–H and O–H groups in total. The van der Waals surface area contributed by atoms with Crippen LogP contribution in [0.1, 0.15) is 11.3 Å². The zero-order valence-electron chi connectivity index (χ0n) is 13.7. The maximum atomic E-state index is 12.8. The first-order valence-corrected chi connectivity index (χ1v) is 7.57. The second kappa shape index (κ2) is 7.18. The van der Waals surface area contributed by atoms with E-state index >= 15 is 0 Å². The molecule has 11 heteroatoms. The molecule has 3 aromatic rings. The van der Waals surface area contributed by atoms with Crippen LogP contribution in [-0.4, -0.2) is 42.4 Å². The van der Waals surface area contributed by atoms with Crippen molar-refractivity contribution in [1.82, 2.24) is 15.2 Å². The normalized spacial score (nSPS) is 11.5. The van der Waals surface area contributed by atoms with Crippen LogP contribution < -0.4 is 4.74 Å². The fourth-order valence-corrected chi connectivity index (χ4v) is 2.47. The van der Waals surface area contributed by atoms with Crippen molar-refractivity contribution in [3.05, 3.63) is 70.2 Å². The number of pyridine rings is 1. The molecule has 0 spiro atoms. The number of halogens is 2. The molecule has 0 saturated heterocycles. The molecule has 0 unspecified atom stereocenters. The lowest BCUT2D eigenvalue weighted by molar-refractivity contribution is -0.384. The average Bonchev–Trinajstić information content (AvgIpc) is 3.17. The summed E-state index contributed by atoms with van der Waals surface area (Å²) in [5.74, 6) is -0.266. The van der Waals surface area contributed by atoms with E-state index in [-0.39, 0.29) is 28.4 Å². The summed E-state index contributed by atoms with van der Waals surface area (Å²) in [7, 11) is 12.3. The number of nitrogens with zero attached hydrogens (tertiary/aromatic N) is 3. The highest BCUT2D eigenvalue weighted by molar-refractivity contribution is 6.42. The molecule has 0 aliphatic carbocycles. The molecule has 1 aromatic carbocycles. The van der Waals surface area contributed by atoms with Crippen molar-refractivity contribution in [3.63, 3.8) is 0 Å². The molecule has 2 aromatic heterocycles. The first-order valence-electron chi connectivity index (χ1n) is 7.57. The molecule has 4 radical (unpaired) electrons. The highest BCUT2D eigenvalue weighted by Gasteiger charge is 2.27. The molecule has 0 atom stereocenters. The van der Waals surface area contributed by atoms with Crippen LogP contribution in [0.4, 0.5) is 14.5 Å². The Labute approximate surface area is 154 Å². The van der Waals surface area contributed by atoms with Crippen LogP contribution in [0.25, 0.3) is 11.3 Å². The molecule has 0 aliphatic heterocycles. The molecule has 0 amide bonds. The van der Waals surface area contributed by atoms with Gasteiger partial charge in [0.2, 0.25) is 0 Å². The summed E-state index contributed by atoms with van der Waals surface area (Å²) in [6.45, 7) is -3.11. The van der Waals surface area contributed by atoms with Crippen LogP contribution >= 0.6 is 0 Å². The Hall–Kier alpha value is -3.23. The summed E-state index contributed by atoms with van der Waals surface area (Å²) in [5, 5.41) is 15.8. The van der Waals surface area contributed by atoms with Crippen LogP contribution in [0.3, 0.4) is 0 Å². The minimum absolute atomic E-state index is 0.0553. The highest BCUT2D eigenvalue weighted by atomic mass is 19.3. The SMILES string of the molecule is [B]C([B])(c1cn[nH]c1)c1ccc(OC(F)F)c(-c2cccc([N+](=O)[O-])c2)n1. The van der Waals surface area contributed by atoms with E-state index in [9.17, 15) is 18.9 Å². The first kappa shape index (κ1) is 18.6. The maximum absolute atomic E-state index is 12.8. The molecule has 2 heterocycles. The number of aromatic nitrogens is 3. The summed E-state index contributed by atoms with van der Waals surface area (Å²) in [5.41, 5.74) is 0.448. The third-order valence-corrected chi connectivity index (χ3v) is 3.80. The van der Waals surface area contributed by atoms with Gasteiger partial charge in [0.15, 0.2) is 5.75 Å². The Morgan fingerprint density at radius 2 is 2.04 bits per heavy atom. The predicted octanol–water partition coefficient (Wildman–Crippen LogP) is 2.52. The zero-order chi connectivity index (χ0) is 19.6. The lowest BCUT2D eigenvalue weighted by Gasteiger charge is -2.25. The number of H-pyrrole nitrogens is 1. The Morgan fingerprint density at radius 1 is 1.26 bits per heavy atom. The molecule has 27 heavy (non-hydrogen) atoms. The van der Waals surface area contributed by atoms with E-state index in [1.807, 2.05) is 0 Å². The van der Waals surface area contributed by atoms with Gasteiger partial charge in [-0.25, -0.2) is 4.98 Å². The molecule has 7 nitrogen and oxygen atoms in total. The van der Waals surface area contributed by atoms with Gasteiger partial charge in [0.1, 0.15) is 5.69 Å². The maximum Gasteiger partial charge on any atom is 0.387 e. The number of nitro benzene ring substituents is 1. The number of hydrogen-bond acceptors (Lipinski definition) is 5. The van der Waals surface area contributed by atoms with E-state index in [2.05, 4.69) is 19.9 Å². The van der Waals surface area contributed by atoms with Crippen molar-refractivity contribution < 1.29 is 18.4 Å². The van der Waals surface area contributed by atoms with E-state index in [1.165, 1.54) is 48.8 Å². The number of aromatic amines is 1. The smallest absolute Gasteiger partial charge is 0.387 e. The van der Waals surface area contributed by atoms with Gasteiger partial charge in [-0.15, -0.1) is 0 Å². The standard InChI is InChI=1S/C16H10B2F2N4O3/c17-16(18,10-7-21-22-8-10)13-5-4-12(27-15(19)20)14(23-13)9-2-1-3-11(6-9)24(25)26/h1-8,15H,(H,21,22). The van der Waals surface area contributed by atoms with Crippen molar-refractivity contribution in [2.45, 2.75) is 11.8 Å². The summed E-state index contributed by atoms with van der Waals surface area (Å²) >= 11 is 0. The lowest BCUT2D eigenvalue weighted by Crippen LogP contribution is -2.29. The number of ether oxygens (including phenoxy) is 1. The first-order chi connectivity index (χ1) is 12.8. The molecule has 0 saturated carbocycles. The monoisotopic (exact) mass is 366 g/mol. The van der Waals surface area contributed by atoms with Crippen molar-refractivity contribution in [3.8, 4) is 17.0 Å². The van der Waals surface area contributed by atoms with E-state index in [1.54, 1.807) is 0 Å². The molecular weight excluding hydrogens is 356 g/mol. The van der Waals surface area contributed by atoms with Gasteiger partial charge in [-0.1, -0.05) is 12.1 Å². The molecular formula is C16H10B2F2N4O3. The van der Waals surface area contributed by atoms with Crippen molar-refractivity contribution in [2.75, 3.05) is 0 Å². The second-order valence-electron chi connectivity index (χ2n) is 5.59. The van der Waals surface area contributed by atoms with Crippen molar-refractivity contribution >= 4 is 21.4 Å². The Kier molecular flexibility index (Phi) is 4.93. The topological polar surface area (TPSA) is 93.9 Å². The molecule has 0 bridgehead atoms.